The zero-order chi connectivity index (χ0) is 14.5. The van der Waals surface area contributed by atoms with Gasteiger partial charge >= 0.3 is 6.03 Å². The zero-order valence-corrected chi connectivity index (χ0v) is 12.7. The van der Waals surface area contributed by atoms with E-state index in [1.54, 1.807) is 18.2 Å². The minimum Gasteiger partial charge on any atom is -0.334 e. The van der Waals surface area contributed by atoms with E-state index in [2.05, 4.69) is 10.6 Å². The molecular formula is C14H19Cl2N3O. The minimum atomic E-state index is -0.259. The molecule has 1 fully saturated rings. The summed E-state index contributed by atoms with van der Waals surface area (Å²) in [5, 5.41) is 6.56. The average Bonchev–Trinajstić information content (AvgIpc) is 2.94. The standard InChI is InChI=1S/C14H19Cl2N3O/c15-11-6-5-10(7-12(11)16)18-14(20)19-13(8-17)9-3-1-2-4-9/h5-7,9,13H,1-4,8,17H2,(H2,18,19,20). The lowest BCUT2D eigenvalue weighted by molar-refractivity contribution is 0.243. The number of hydrogen-bond donors (Lipinski definition) is 3. The molecule has 1 aliphatic rings. The van der Waals surface area contributed by atoms with Crippen LogP contribution in [0.25, 0.3) is 0 Å². The van der Waals surface area contributed by atoms with E-state index in [1.807, 2.05) is 0 Å². The monoisotopic (exact) mass is 315 g/mol. The molecule has 0 spiro atoms. The molecule has 0 bridgehead atoms. The predicted molar refractivity (Wildman–Crippen MR) is 83.4 cm³/mol. The second-order valence-corrected chi connectivity index (χ2v) is 5.93. The third-order valence-electron chi connectivity index (χ3n) is 3.72. The van der Waals surface area contributed by atoms with Crippen LogP contribution in [-0.2, 0) is 0 Å². The Labute approximate surface area is 129 Å². The highest BCUT2D eigenvalue weighted by molar-refractivity contribution is 6.42. The Morgan fingerprint density at radius 3 is 2.60 bits per heavy atom. The van der Waals surface area contributed by atoms with Gasteiger partial charge < -0.3 is 16.4 Å². The number of hydrogen-bond acceptors (Lipinski definition) is 2. The molecule has 0 saturated heterocycles. The molecule has 110 valence electrons. The van der Waals surface area contributed by atoms with Crippen molar-refractivity contribution in [1.82, 2.24) is 5.32 Å². The molecule has 0 radical (unpaired) electrons. The fourth-order valence-electron chi connectivity index (χ4n) is 2.64. The fourth-order valence-corrected chi connectivity index (χ4v) is 2.94. The highest BCUT2D eigenvalue weighted by atomic mass is 35.5. The number of anilines is 1. The Bertz CT molecular complexity index is 475. The number of nitrogens with two attached hydrogens (primary N) is 1. The molecule has 2 rings (SSSR count). The summed E-state index contributed by atoms with van der Waals surface area (Å²) in [5.41, 5.74) is 6.37. The summed E-state index contributed by atoms with van der Waals surface area (Å²) in [5.74, 6) is 0.486. The maximum atomic E-state index is 12.0. The Kier molecular flexibility index (Phi) is 5.52. The second kappa shape index (κ2) is 7.16. The SMILES string of the molecule is NCC(NC(=O)Nc1ccc(Cl)c(Cl)c1)C1CCCC1. The van der Waals surface area contributed by atoms with E-state index in [0.717, 1.165) is 12.8 Å². The zero-order valence-electron chi connectivity index (χ0n) is 11.2. The predicted octanol–water partition coefficient (Wildman–Crippen LogP) is 3.63. The Morgan fingerprint density at radius 2 is 2.00 bits per heavy atom. The van der Waals surface area contributed by atoms with Crippen molar-refractivity contribution in [3.05, 3.63) is 28.2 Å². The van der Waals surface area contributed by atoms with Crippen molar-refractivity contribution in [2.75, 3.05) is 11.9 Å². The number of rotatable bonds is 4. The van der Waals surface area contributed by atoms with E-state index in [0.29, 0.717) is 28.2 Å². The van der Waals surface area contributed by atoms with Crippen molar-refractivity contribution in [3.63, 3.8) is 0 Å². The second-order valence-electron chi connectivity index (χ2n) is 5.11. The summed E-state index contributed by atoms with van der Waals surface area (Å²) in [6.07, 6.45) is 4.71. The van der Waals surface area contributed by atoms with Gasteiger partial charge in [0.2, 0.25) is 0 Å². The van der Waals surface area contributed by atoms with Crippen molar-refractivity contribution in [1.29, 1.82) is 0 Å². The van der Waals surface area contributed by atoms with Crippen LogP contribution in [-0.4, -0.2) is 18.6 Å². The quantitative estimate of drug-likeness (QED) is 0.794. The lowest BCUT2D eigenvalue weighted by Gasteiger charge is -2.23. The first-order valence-corrected chi connectivity index (χ1v) is 7.58. The molecule has 1 aromatic carbocycles. The van der Waals surface area contributed by atoms with Gasteiger partial charge in [0, 0.05) is 18.3 Å². The first-order chi connectivity index (χ1) is 9.60. The summed E-state index contributed by atoms with van der Waals surface area (Å²) in [6.45, 7) is 0.458. The molecule has 0 aliphatic heterocycles. The molecular weight excluding hydrogens is 297 g/mol. The van der Waals surface area contributed by atoms with Crippen LogP contribution in [0.5, 0.6) is 0 Å². The number of carbonyl (C=O) groups is 1. The summed E-state index contributed by atoms with van der Waals surface area (Å²) in [4.78, 5) is 12.0. The smallest absolute Gasteiger partial charge is 0.319 e. The number of benzene rings is 1. The van der Waals surface area contributed by atoms with Crippen LogP contribution in [0.15, 0.2) is 18.2 Å². The first kappa shape index (κ1) is 15.4. The van der Waals surface area contributed by atoms with Gasteiger partial charge in [-0.2, -0.15) is 0 Å². The topological polar surface area (TPSA) is 67.1 Å². The van der Waals surface area contributed by atoms with Gasteiger partial charge in [-0.15, -0.1) is 0 Å². The molecule has 1 unspecified atom stereocenters. The van der Waals surface area contributed by atoms with Crippen molar-refractivity contribution in [2.45, 2.75) is 31.7 Å². The van der Waals surface area contributed by atoms with E-state index >= 15 is 0 Å². The summed E-state index contributed by atoms with van der Waals surface area (Å²) >= 11 is 11.7. The van der Waals surface area contributed by atoms with Gasteiger partial charge in [0.25, 0.3) is 0 Å². The Morgan fingerprint density at radius 1 is 1.30 bits per heavy atom. The van der Waals surface area contributed by atoms with Crippen LogP contribution in [0.2, 0.25) is 10.0 Å². The van der Waals surface area contributed by atoms with Gasteiger partial charge in [-0.3, -0.25) is 0 Å². The summed E-state index contributed by atoms with van der Waals surface area (Å²) < 4.78 is 0. The summed E-state index contributed by atoms with van der Waals surface area (Å²) in [6, 6.07) is 4.75. The third-order valence-corrected chi connectivity index (χ3v) is 4.46. The maximum absolute atomic E-state index is 12.0. The van der Waals surface area contributed by atoms with Gasteiger partial charge in [-0.1, -0.05) is 36.0 Å². The lowest BCUT2D eigenvalue weighted by atomic mass is 9.98. The maximum Gasteiger partial charge on any atom is 0.319 e. The van der Waals surface area contributed by atoms with E-state index < -0.39 is 0 Å². The van der Waals surface area contributed by atoms with Crippen molar-refractivity contribution in [3.8, 4) is 0 Å². The van der Waals surface area contributed by atoms with Gasteiger partial charge in [-0.25, -0.2) is 4.79 Å². The molecule has 4 N–H and O–H groups in total. The Balaban J connectivity index is 1.91. The van der Waals surface area contributed by atoms with E-state index in [4.69, 9.17) is 28.9 Å². The largest absolute Gasteiger partial charge is 0.334 e. The third kappa shape index (κ3) is 4.01. The molecule has 20 heavy (non-hydrogen) atoms. The highest BCUT2D eigenvalue weighted by Crippen LogP contribution is 2.28. The lowest BCUT2D eigenvalue weighted by Crippen LogP contribution is -2.46. The molecule has 6 heteroatoms. The molecule has 0 heterocycles. The van der Waals surface area contributed by atoms with Crippen molar-refractivity contribution in [2.24, 2.45) is 11.7 Å². The van der Waals surface area contributed by atoms with E-state index in [9.17, 15) is 4.79 Å². The molecule has 0 aromatic heterocycles. The van der Waals surface area contributed by atoms with Gasteiger partial charge in [0.15, 0.2) is 0 Å². The number of carbonyl (C=O) groups excluding carboxylic acids is 1. The minimum absolute atomic E-state index is 0.0280. The molecule has 1 aliphatic carbocycles. The molecule has 1 atom stereocenters. The van der Waals surface area contributed by atoms with Gasteiger partial charge in [0.05, 0.1) is 10.0 Å². The van der Waals surface area contributed by atoms with Gasteiger partial charge in [-0.05, 0) is 37.0 Å². The molecule has 2 amide bonds. The molecule has 1 saturated carbocycles. The van der Waals surface area contributed by atoms with E-state index in [-0.39, 0.29) is 12.1 Å². The number of halogens is 2. The number of urea groups is 1. The van der Waals surface area contributed by atoms with Crippen LogP contribution in [0.1, 0.15) is 25.7 Å². The first-order valence-electron chi connectivity index (χ1n) is 6.83. The number of amides is 2. The van der Waals surface area contributed by atoms with Crippen LogP contribution >= 0.6 is 23.2 Å². The van der Waals surface area contributed by atoms with Crippen LogP contribution < -0.4 is 16.4 Å². The van der Waals surface area contributed by atoms with Crippen LogP contribution in [0.3, 0.4) is 0 Å². The van der Waals surface area contributed by atoms with Crippen molar-refractivity contribution >= 4 is 34.9 Å². The summed E-state index contributed by atoms with van der Waals surface area (Å²) in [7, 11) is 0. The van der Waals surface area contributed by atoms with Crippen LogP contribution in [0, 0.1) is 5.92 Å². The molecule has 4 nitrogen and oxygen atoms in total. The van der Waals surface area contributed by atoms with E-state index in [1.165, 1.54) is 12.8 Å². The van der Waals surface area contributed by atoms with Crippen molar-refractivity contribution < 1.29 is 4.79 Å². The highest BCUT2D eigenvalue weighted by Gasteiger charge is 2.25. The average molecular weight is 316 g/mol. The number of nitrogens with one attached hydrogen (secondary N) is 2. The van der Waals surface area contributed by atoms with Gasteiger partial charge in [0.1, 0.15) is 0 Å². The fraction of sp³-hybridized carbons (Fsp3) is 0.500. The molecule has 1 aromatic rings. The Hall–Kier alpha value is -0.970. The normalized spacial score (nSPS) is 16.9. The van der Waals surface area contributed by atoms with Crippen LogP contribution in [0.4, 0.5) is 10.5 Å².